The predicted octanol–water partition coefficient (Wildman–Crippen LogP) is 3.13. The summed E-state index contributed by atoms with van der Waals surface area (Å²) in [5.41, 5.74) is 2.24. The lowest BCUT2D eigenvalue weighted by Crippen LogP contribution is -2.16. The van der Waals surface area contributed by atoms with Crippen LogP contribution in [-0.2, 0) is 0 Å². The smallest absolute Gasteiger partial charge is 0.0866 e. The zero-order valence-electron chi connectivity index (χ0n) is 8.35. The molecule has 0 spiro atoms. The van der Waals surface area contributed by atoms with Crippen LogP contribution in [0.2, 0.25) is 0 Å². The molecule has 0 bridgehead atoms. The Kier molecular flexibility index (Phi) is 2.63. The molecule has 0 radical (unpaired) electrons. The summed E-state index contributed by atoms with van der Waals surface area (Å²) in [6, 6.07) is 8.22. The molecular formula is C12H14N2. The Balaban J connectivity index is 2.39. The van der Waals surface area contributed by atoms with Crippen LogP contribution in [0.25, 0.3) is 0 Å². The minimum Gasteiger partial charge on any atom is -0.346 e. The number of allylic oxidation sites excluding steroid dienone is 1. The van der Waals surface area contributed by atoms with Crippen LogP contribution in [0.4, 0.5) is 11.4 Å². The van der Waals surface area contributed by atoms with Crippen LogP contribution in [-0.4, -0.2) is 12.8 Å². The van der Waals surface area contributed by atoms with Crippen molar-refractivity contribution in [2.45, 2.75) is 13.3 Å². The Labute approximate surface area is 84.6 Å². The highest BCUT2D eigenvalue weighted by Gasteiger charge is 2.07. The number of hydrogen-bond acceptors (Lipinski definition) is 2. The number of anilines is 1. The Morgan fingerprint density at radius 3 is 3.00 bits per heavy atom. The standard InChI is InChI=1S/C12H14N2/c1-2-9-14-10-5-8-13-11-6-3-4-7-12(11)14/h3-8,10H,2,9H2,1H3. The monoisotopic (exact) mass is 186 g/mol. The molecule has 0 aromatic heterocycles. The van der Waals surface area contributed by atoms with Gasteiger partial charge in [-0.3, -0.25) is 4.99 Å². The molecule has 0 fully saturated rings. The lowest BCUT2D eigenvalue weighted by atomic mass is 10.2. The van der Waals surface area contributed by atoms with Crippen molar-refractivity contribution in [1.29, 1.82) is 0 Å². The van der Waals surface area contributed by atoms with Crippen LogP contribution in [0.3, 0.4) is 0 Å². The third kappa shape index (κ3) is 1.69. The highest BCUT2D eigenvalue weighted by Crippen LogP contribution is 2.29. The summed E-state index contributed by atoms with van der Waals surface area (Å²) < 4.78 is 0. The highest BCUT2D eigenvalue weighted by molar-refractivity contribution is 5.82. The summed E-state index contributed by atoms with van der Waals surface area (Å²) in [6.07, 6.45) is 7.04. The van der Waals surface area contributed by atoms with Crippen LogP contribution in [0, 0.1) is 0 Å². The van der Waals surface area contributed by atoms with E-state index in [0.29, 0.717) is 0 Å². The van der Waals surface area contributed by atoms with Gasteiger partial charge in [-0.2, -0.15) is 0 Å². The molecule has 0 atom stereocenters. The van der Waals surface area contributed by atoms with Crippen molar-refractivity contribution >= 4 is 17.6 Å². The van der Waals surface area contributed by atoms with Crippen LogP contribution >= 0.6 is 0 Å². The Hall–Kier alpha value is -1.57. The topological polar surface area (TPSA) is 15.6 Å². The van der Waals surface area contributed by atoms with Crippen molar-refractivity contribution in [2.24, 2.45) is 4.99 Å². The number of nitrogens with zero attached hydrogens (tertiary/aromatic N) is 2. The summed E-state index contributed by atoms with van der Waals surface area (Å²) in [5, 5.41) is 0. The molecule has 0 saturated heterocycles. The summed E-state index contributed by atoms with van der Waals surface area (Å²) in [4.78, 5) is 6.60. The molecule has 0 unspecified atom stereocenters. The fourth-order valence-electron chi connectivity index (χ4n) is 1.60. The number of para-hydroxylation sites is 2. The molecule has 1 aliphatic rings. The van der Waals surface area contributed by atoms with Crippen LogP contribution < -0.4 is 4.90 Å². The van der Waals surface area contributed by atoms with Crippen LogP contribution in [0.5, 0.6) is 0 Å². The minimum absolute atomic E-state index is 1.04. The molecule has 14 heavy (non-hydrogen) atoms. The quantitative estimate of drug-likeness (QED) is 0.692. The van der Waals surface area contributed by atoms with Gasteiger partial charge >= 0.3 is 0 Å². The van der Waals surface area contributed by atoms with E-state index in [4.69, 9.17) is 0 Å². The zero-order chi connectivity index (χ0) is 9.80. The molecule has 0 N–H and O–H groups in total. The maximum atomic E-state index is 4.37. The Morgan fingerprint density at radius 2 is 2.14 bits per heavy atom. The van der Waals surface area contributed by atoms with Gasteiger partial charge < -0.3 is 4.90 Å². The number of rotatable bonds is 2. The van der Waals surface area contributed by atoms with Crippen LogP contribution in [0.1, 0.15) is 13.3 Å². The van der Waals surface area contributed by atoms with Gasteiger partial charge in [-0.05, 0) is 24.6 Å². The van der Waals surface area contributed by atoms with E-state index in [9.17, 15) is 0 Å². The number of aliphatic imine (C=N–C) groups is 1. The van der Waals surface area contributed by atoms with Crippen molar-refractivity contribution in [3.05, 3.63) is 36.5 Å². The molecule has 1 aliphatic heterocycles. The molecule has 0 amide bonds. The molecule has 1 heterocycles. The first-order valence-electron chi connectivity index (χ1n) is 4.98. The van der Waals surface area contributed by atoms with Gasteiger partial charge in [-0.15, -0.1) is 0 Å². The average Bonchev–Trinajstić information content (AvgIpc) is 2.42. The lowest BCUT2D eigenvalue weighted by Gasteiger charge is -2.19. The fraction of sp³-hybridized carbons (Fsp3) is 0.250. The highest BCUT2D eigenvalue weighted by atomic mass is 15.1. The molecule has 1 aromatic carbocycles. The summed E-state index contributed by atoms with van der Waals surface area (Å²) >= 11 is 0. The third-order valence-corrected chi connectivity index (χ3v) is 2.22. The van der Waals surface area contributed by atoms with Gasteiger partial charge in [0.05, 0.1) is 11.4 Å². The van der Waals surface area contributed by atoms with Gasteiger partial charge in [0.15, 0.2) is 0 Å². The van der Waals surface area contributed by atoms with Crippen molar-refractivity contribution in [1.82, 2.24) is 0 Å². The number of fused-ring (bicyclic) bond motifs is 1. The largest absolute Gasteiger partial charge is 0.346 e. The van der Waals surface area contributed by atoms with Gasteiger partial charge in [0, 0.05) is 19.0 Å². The molecule has 2 heteroatoms. The summed E-state index contributed by atoms with van der Waals surface area (Å²) in [7, 11) is 0. The fourth-order valence-corrected chi connectivity index (χ4v) is 1.60. The van der Waals surface area contributed by atoms with E-state index in [1.807, 2.05) is 24.4 Å². The van der Waals surface area contributed by atoms with Crippen LogP contribution in [0.15, 0.2) is 41.5 Å². The zero-order valence-corrected chi connectivity index (χ0v) is 8.35. The van der Waals surface area contributed by atoms with E-state index in [0.717, 1.165) is 18.7 Å². The van der Waals surface area contributed by atoms with Crippen molar-refractivity contribution in [2.75, 3.05) is 11.4 Å². The summed E-state index contributed by atoms with van der Waals surface area (Å²) in [6.45, 7) is 3.22. The van der Waals surface area contributed by atoms with Gasteiger partial charge in [-0.25, -0.2) is 0 Å². The van der Waals surface area contributed by atoms with Crippen molar-refractivity contribution in [3.63, 3.8) is 0 Å². The number of hydrogen-bond donors (Lipinski definition) is 0. The predicted molar refractivity (Wildman–Crippen MR) is 61.4 cm³/mol. The molecule has 2 nitrogen and oxygen atoms in total. The Bertz CT molecular complexity index is 366. The molecule has 0 aliphatic carbocycles. The van der Waals surface area contributed by atoms with E-state index in [-0.39, 0.29) is 0 Å². The van der Waals surface area contributed by atoms with Gasteiger partial charge in [0.25, 0.3) is 0 Å². The second kappa shape index (κ2) is 4.09. The van der Waals surface area contributed by atoms with Crippen molar-refractivity contribution < 1.29 is 0 Å². The normalized spacial score (nSPS) is 13.9. The third-order valence-electron chi connectivity index (χ3n) is 2.22. The van der Waals surface area contributed by atoms with Gasteiger partial charge in [-0.1, -0.05) is 19.1 Å². The van der Waals surface area contributed by atoms with E-state index >= 15 is 0 Å². The maximum Gasteiger partial charge on any atom is 0.0866 e. The second-order valence-electron chi connectivity index (χ2n) is 3.30. The molecular weight excluding hydrogens is 172 g/mol. The van der Waals surface area contributed by atoms with E-state index in [1.54, 1.807) is 0 Å². The average molecular weight is 186 g/mol. The first kappa shape index (κ1) is 9.00. The van der Waals surface area contributed by atoms with Crippen molar-refractivity contribution in [3.8, 4) is 0 Å². The lowest BCUT2D eigenvalue weighted by molar-refractivity contribution is 0.882. The van der Waals surface area contributed by atoms with Gasteiger partial charge in [0.2, 0.25) is 0 Å². The minimum atomic E-state index is 1.04. The first-order valence-corrected chi connectivity index (χ1v) is 4.98. The van der Waals surface area contributed by atoms with E-state index in [2.05, 4.69) is 35.1 Å². The van der Waals surface area contributed by atoms with E-state index < -0.39 is 0 Å². The maximum absolute atomic E-state index is 4.37. The molecule has 2 rings (SSSR count). The Morgan fingerprint density at radius 1 is 1.29 bits per heavy atom. The summed E-state index contributed by atoms with van der Waals surface area (Å²) in [5.74, 6) is 0. The first-order chi connectivity index (χ1) is 6.92. The van der Waals surface area contributed by atoms with Gasteiger partial charge in [0.1, 0.15) is 0 Å². The molecule has 72 valence electrons. The molecule has 1 aromatic rings. The SMILES string of the molecule is CCCN1C=CC=Nc2ccccc21. The van der Waals surface area contributed by atoms with E-state index in [1.165, 1.54) is 5.69 Å². The number of benzene rings is 1. The second-order valence-corrected chi connectivity index (χ2v) is 3.30. The molecule has 0 saturated carbocycles.